The highest BCUT2D eigenvalue weighted by Gasteiger charge is 2.44. The third-order valence-electron chi connectivity index (χ3n) is 6.32. The molecule has 0 aromatic heterocycles. The molecule has 2 heteroatoms. The molecule has 0 bridgehead atoms. The third kappa shape index (κ3) is 7.18. The molecule has 160 valence electrons. The molecule has 0 aromatic rings. The lowest BCUT2D eigenvalue weighted by atomic mass is 9.55. The van der Waals surface area contributed by atoms with Crippen LogP contribution in [0.1, 0.15) is 88.0 Å². The fraction of sp³-hybridized carbons (Fsp3) is 0.692. The molecule has 0 radical (unpaired) electrons. The van der Waals surface area contributed by atoms with Crippen molar-refractivity contribution in [1.82, 2.24) is 0 Å². The van der Waals surface area contributed by atoms with E-state index in [1.54, 1.807) is 6.92 Å². The number of aliphatic hydroxyl groups is 1. The van der Waals surface area contributed by atoms with Crippen molar-refractivity contribution in [3.8, 4) is 0 Å². The minimum Gasteiger partial charge on any atom is -0.513 e. The molecule has 2 nitrogen and oxygen atoms in total. The van der Waals surface area contributed by atoms with Gasteiger partial charge in [-0.3, -0.25) is 0 Å². The molecule has 0 heterocycles. The fourth-order valence-corrected chi connectivity index (χ4v) is 4.73. The number of hydrogen-bond acceptors (Lipinski definition) is 2. The molecule has 1 rings (SSSR count). The topological polar surface area (TPSA) is 29.5 Å². The molecular formula is C26H44O2. The molecule has 3 unspecified atom stereocenters. The van der Waals surface area contributed by atoms with E-state index in [9.17, 15) is 5.11 Å². The maximum absolute atomic E-state index is 9.65. The highest BCUT2D eigenvalue weighted by atomic mass is 16.5. The summed E-state index contributed by atoms with van der Waals surface area (Å²) in [5, 5.41) is 9.65. The lowest BCUT2D eigenvalue weighted by molar-refractivity contribution is 0.0988. The summed E-state index contributed by atoms with van der Waals surface area (Å²) in [5.74, 6) is 2.58. The van der Waals surface area contributed by atoms with Crippen molar-refractivity contribution in [2.45, 2.75) is 88.0 Å². The zero-order chi connectivity index (χ0) is 21.5. The summed E-state index contributed by atoms with van der Waals surface area (Å²) in [6.07, 6.45) is 13.0. The molecule has 3 atom stereocenters. The minimum atomic E-state index is 0.0284. The lowest BCUT2D eigenvalue weighted by Crippen LogP contribution is -2.38. The second-order valence-corrected chi connectivity index (χ2v) is 10.0. The Balaban J connectivity index is 3.24. The van der Waals surface area contributed by atoms with Crippen LogP contribution in [-0.4, -0.2) is 11.7 Å². The average Bonchev–Trinajstić information content (AvgIpc) is 2.59. The Morgan fingerprint density at radius 2 is 1.61 bits per heavy atom. The van der Waals surface area contributed by atoms with E-state index < -0.39 is 0 Å². The second kappa shape index (κ2) is 10.4. The van der Waals surface area contributed by atoms with Crippen molar-refractivity contribution < 1.29 is 9.84 Å². The van der Waals surface area contributed by atoms with Gasteiger partial charge in [0.05, 0.1) is 18.1 Å². The van der Waals surface area contributed by atoms with Crippen molar-refractivity contribution >= 4 is 0 Å². The first-order chi connectivity index (χ1) is 12.9. The number of ether oxygens (including phenoxy) is 1. The van der Waals surface area contributed by atoms with Gasteiger partial charge in [0.2, 0.25) is 0 Å². The maximum atomic E-state index is 9.65. The fourth-order valence-electron chi connectivity index (χ4n) is 4.73. The van der Waals surface area contributed by atoms with Gasteiger partial charge in [-0.05, 0) is 76.4 Å². The number of rotatable bonds is 8. The molecule has 0 amide bonds. The molecule has 1 aliphatic rings. The zero-order valence-corrected chi connectivity index (χ0v) is 19.9. The van der Waals surface area contributed by atoms with Crippen molar-refractivity contribution in [3.63, 3.8) is 0 Å². The Labute approximate surface area is 174 Å². The van der Waals surface area contributed by atoms with E-state index in [4.69, 9.17) is 4.74 Å². The monoisotopic (exact) mass is 388 g/mol. The number of allylic oxidation sites excluding steroid dienone is 8. The first kappa shape index (κ1) is 24.6. The first-order valence-electron chi connectivity index (χ1n) is 10.9. The third-order valence-corrected chi connectivity index (χ3v) is 6.32. The van der Waals surface area contributed by atoms with Gasteiger partial charge in [-0.2, -0.15) is 0 Å². The van der Waals surface area contributed by atoms with Crippen LogP contribution in [0, 0.1) is 22.7 Å². The number of aliphatic hydroxyl groups excluding tert-OH is 1. The molecule has 0 aromatic carbocycles. The van der Waals surface area contributed by atoms with Gasteiger partial charge in [0, 0.05) is 5.41 Å². The summed E-state index contributed by atoms with van der Waals surface area (Å²) >= 11 is 0. The Morgan fingerprint density at radius 3 is 2.11 bits per heavy atom. The van der Waals surface area contributed by atoms with Crippen molar-refractivity contribution in [2.75, 3.05) is 6.61 Å². The van der Waals surface area contributed by atoms with Crippen LogP contribution in [0.15, 0.2) is 47.0 Å². The van der Waals surface area contributed by atoms with Crippen LogP contribution in [0.4, 0.5) is 0 Å². The molecule has 0 spiro atoms. The van der Waals surface area contributed by atoms with Gasteiger partial charge < -0.3 is 9.84 Å². The van der Waals surface area contributed by atoms with Crippen LogP contribution in [0.2, 0.25) is 0 Å². The van der Waals surface area contributed by atoms with Gasteiger partial charge in [0.15, 0.2) is 0 Å². The Morgan fingerprint density at radius 1 is 1.04 bits per heavy atom. The minimum absolute atomic E-state index is 0.0284. The van der Waals surface area contributed by atoms with Gasteiger partial charge in [0.25, 0.3) is 0 Å². The van der Waals surface area contributed by atoms with Crippen LogP contribution in [0.25, 0.3) is 0 Å². The van der Waals surface area contributed by atoms with Crippen LogP contribution in [0.5, 0.6) is 0 Å². The highest BCUT2D eigenvalue weighted by Crippen LogP contribution is 2.55. The molecule has 0 saturated heterocycles. The normalized spacial score (nSPS) is 28.2. The van der Waals surface area contributed by atoms with Crippen molar-refractivity contribution in [1.29, 1.82) is 0 Å². The van der Waals surface area contributed by atoms with Gasteiger partial charge in [0.1, 0.15) is 0 Å². The van der Waals surface area contributed by atoms with Crippen LogP contribution in [0.3, 0.4) is 0 Å². The predicted octanol–water partition coefficient (Wildman–Crippen LogP) is 8.14. The zero-order valence-electron chi connectivity index (χ0n) is 19.9. The average molecular weight is 389 g/mol. The highest BCUT2D eigenvalue weighted by molar-refractivity contribution is 5.34. The SMILES string of the molecule is CCC(C)CO/C(C)=C/C=C(\C)C1(/C(C)=C/C=C(\C)O)CC(C)CC(C)(C)C1. The van der Waals surface area contributed by atoms with E-state index in [-0.39, 0.29) is 5.41 Å². The summed E-state index contributed by atoms with van der Waals surface area (Å²) in [7, 11) is 0. The van der Waals surface area contributed by atoms with Gasteiger partial charge >= 0.3 is 0 Å². The molecule has 1 aliphatic carbocycles. The smallest absolute Gasteiger partial charge is 0.0928 e. The summed E-state index contributed by atoms with van der Waals surface area (Å²) < 4.78 is 5.93. The second-order valence-electron chi connectivity index (χ2n) is 10.0. The molecule has 1 saturated carbocycles. The molecular weight excluding hydrogens is 344 g/mol. The van der Waals surface area contributed by atoms with Crippen LogP contribution < -0.4 is 0 Å². The summed E-state index contributed by atoms with van der Waals surface area (Å²) in [4.78, 5) is 0. The van der Waals surface area contributed by atoms with Gasteiger partial charge in [-0.25, -0.2) is 0 Å². The van der Waals surface area contributed by atoms with Crippen LogP contribution >= 0.6 is 0 Å². The van der Waals surface area contributed by atoms with E-state index in [1.807, 2.05) is 13.0 Å². The van der Waals surface area contributed by atoms with E-state index in [2.05, 4.69) is 66.7 Å². The predicted molar refractivity (Wildman–Crippen MR) is 122 cm³/mol. The standard InChI is InChI=1S/C26H44O2/c1-10-19(2)17-28-24(7)14-12-22(5)26(21(4)11-13-23(6)27)16-20(3)15-25(8,9)18-26/h11-14,19-20,27H,10,15-18H2,1-9H3/b21-11+,22-12+,23-13+,24-14+. The quantitative estimate of drug-likeness (QED) is 0.336. The Kier molecular flexibility index (Phi) is 9.11. The van der Waals surface area contributed by atoms with Gasteiger partial charge in [-0.15, -0.1) is 0 Å². The van der Waals surface area contributed by atoms with E-state index >= 15 is 0 Å². The van der Waals surface area contributed by atoms with Crippen molar-refractivity contribution in [3.05, 3.63) is 47.0 Å². The first-order valence-corrected chi connectivity index (χ1v) is 10.9. The summed E-state index contributed by atoms with van der Waals surface area (Å²) in [6, 6.07) is 0. The molecule has 1 fully saturated rings. The summed E-state index contributed by atoms with van der Waals surface area (Å²) in [6.45, 7) is 20.6. The Hall–Kier alpha value is -1.44. The van der Waals surface area contributed by atoms with E-state index in [0.717, 1.165) is 31.6 Å². The summed E-state index contributed by atoms with van der Waals surface area (Å²) in [5.41, 5.74) is 3.05. The van der Waals surface area contributed by atoms with Crippen LogP contribution in [-0.2, 0) is 4.74 Å². The van der Waals surface area contributed by atoms with Crippen molar-refractivity contribution in [2.24, 2.45) is 22.7 Å². The van der Waals surface area contributed by atoms with Gasteiger partial charge in [-0.1, -0.05) is 64.3 Å². The van der Waals surface area contributed by atoms with E-state index in [1.165, 1.54) is 17.6 Å². The molecule has 0 aliphatic heterocycles. The number of hydrogen-bond donors (Lipinski definition) is 1. The molecule has 1 N–H and O–H groups in total. The largest absolute Gasteiger partial charge is 0.513 e. The van der Waals surface area contributed by atoms with E-state index in [0.29, 0.717) is 23.0 Å². The molecule has 28 heavy (non-hydrogen) atoms. The maximum Gasteiger partial charge on any atom is 0.0928 e. The lowest BCUT2D eigenvalue weighted by Gasteiger charge is -2.49. The Bertz CT molecular complexity index is 629.